The zero-order valence-corrected chi connectivity index (χ0v) is 17.0. The van der Waals surface area contributed by atoms with Gasteiger partial charge in [0.1, 0.15) is 0 Å². The Balaban J connectivity index is 1.37. The lowest BCUT2D eigenvalue weighted by atomic mass is 9.95. The van der Waals surface area contributed by atoms with E-state index in [2.05, 4.69) is 20.0 Å². The molecule has 0 bridgehead atoms. The number of Topliss-reactive ketones (excluding diaryl/α,β-unsaturated/α-hetero) is 1. The summed E-state index contributed by atoms with van der Waals surface area (Å²) in [4.78, 5) is 23.5. The number of rotatable bonds is 5. The molecule has 0 spiro atoms. The van der Waals surface area contributed by atoms with Gasteiger partial charge in [0.25, 0.3) is 0 Å². The molecule has 0 atom stereocenters. The fraction of sp³-hybridized carbons (Fsp3) is 0.292. The van der Waals surface area contributed by atoms with Crippen molar-refractivity contribution in [1.82, 2.24) is 20.0 Å². The lowest BCUT2D eigenvalue weighted by molar-refractivity contribution is 0.0907. The number of hydrogen-bond acceptors (Lipinski definition) is 5. The Labute approximate surface area is 174 Å². The number of ketones is 1. The molecule has 6 nitrogen and oxygen atoms in total. The smallest absolute Gasteiger partial charge is 0.229 e. The van der Waals surface area contributed by atoms with Gasteiger partial charge in [0.2, 0.25) is 5.89 Å². The molecule has 0 saturated carbocycles. The standard InChI is InChI=1S/C24H24N4O2/c1-16-25-24(30-27-16)18-11-13-28(14-12-18)15-21(29)22-19-9-5-6-10-20(19)26-23(22)17-7-3-2-4-8-17/h2-10,18,26H,11-15H2,1H3. The molecule has 3 heterocycles. The van der Waals surface area contributed by atoms with Gasteiger partial charge in [-0.15, -0.1) is 0 Å². The Bertz CT molecular complexity index is 1170. The molecule has 1 aliphatic heterocycles. The number of nitrogens with zero attached hydrogens (tertiary/aromatic N) is 3. The van der Waals surface area contributed by atoms with E-state index in [0.717, 1.165) is 59.5 Å². The molecule has 2 aromatic carbocycles. The number of aromatic nitrogens is 3. The molecule has 2 aromatic heterocycles. The second kappa shape index (κ2) is 7.88. The Morgan fingerprint density at radius 2 is 1.83 bits per heavy atom. The highest BCUT2D eigenvalue weighted by Crippen LogP contribution is 2.32. The molecule has 152 valence electrons. The zero-order valence-electron chi connectivity index (χ0n) is 17.0. The largest absolute Gasteiger partial charge is 0.354 e. The third kappa shape index (κ3) is 3.55. The van der Waals surface area contributed by atoms with Crippen LogP contribution in [0.1, 0.15) is 40.8 Å². The molecule has 1 fully saturated rings. The zero-order chi connectivity index (χ0) is 20.5. The summed E-state index contributed by atoms with van der Waals surface area (Å²) < 4.78 is 5.34. The summed E-state index contributed by atoms with van der Waals surface area (Å²) in [7, 11) is 0. The first-order chi connectivity index (χ1) is 14.7. The van der Waals surface area contributed by atoms with Crippen LogP contribution in [0.4, 0.5) is 0 Å². The third-order valence-electron chi connectivity index (χ3n) is 5.89. The van der Waals surface area contributed by atoms with E-state index in [1.807, 2.05) is 61.5 Å². The number of H-pyrrole nitrogens is 1. The second-order valence-electron chi connectivity index (χ2n) is 7.94. The fourth-order valence-electron chi connectivity index (χ4n) is 4.35. The molecular formula is C24H24N4O2. The maximum atomic E-state index is 13.4. The molecule has 4 aromatic rings. The molecule has 1 aliphatic rings. The van der Waals surface area contributed by atoms with Crippen molar-refractivity contribution in [3.63, 3.8) is 0 Å². The van der Waals surface area contributed by atoms with E-state index in [9.17, 15) is 4.79 Å². The van der Waals surface area contributed by atoms with Gasteiger partial charge in [-0.25, -0.2) is 0 Å². The number of piperidine rings is 1. The van der Waals surface area contributed by atoms with Crippen LogP contribution in [0.2, 0.25) is 0 Å². The van der Waals surface area contributed by atoms with Crippen LogP contribution in [-0.4, -0.2) is 45.4 Å². The van der Waals surface area contributed by atoms with Crippen molar-refractivity contribution in [2.75, 3.05) is 19.6 Å². The van der Waals surface area contributed by atoms with Crippen LogP contribution in [0.25, 0.3) is 22.2 Å². The van der Waals surface area contributed by atoms with E-state index in [1.165, 1.54) is 0 Å². The molecule has 5 rings (SSSR count). The number of hydrogen-bond donors (Lipinski definition) is 1. The van der Waals surface area contributed by atoms with Crippen molar-refractivity contribution in [2.24, 2.45) is 0 Å². The molecule has 30 heavy (non-hydrogen) atoms. The maximum Gasteiger partial charge on any atom is 0.229 e. The van der Waals surface area contributed by atoms with Crippen molar-refractivity contribution in [3.8, 4) is 11.3 Å². The van der Waals surface area contributed by atoms with Crippen LogP contribution in [0.15, 0.2) is 59.1 Å². The number of aromatic amines is 1. The summed E-state index contributed by atoms with van der Waals surface area (Å²) in [5.41, 5.74) is 3.71. The fourth-order valence-corrected chi connectivity index (χ4v) is 4.35. The van der Waals surface area contributed by atoms with Gasteiger partial charge in [-0.05, 0) is 44.5 Å². The summed E-state index contributed by atoms with van der Waals surface area (Å²) >= 11 is 0. The van der Waals surface area contributed by atoms with Crippen LogP contribution in [0.3, 0.4) is 0 Å². The molecule has 0 radical (unpaired) electrons. The van der Waals surface area contributed by atoms with Crippen LogP contribution in [0, 0.1) is 6.92 Å². The average molecular weight is 400 g/mol. The highest BCUT2D eigenvalue weighted by Gasteiger charge is 2.27. The van der Waals surface area contributed by atoms with Crippen molar-refractivity contribution < 1.29 is 9.32 Å². The van der Waals surface area contributed by atoms with Gasteiger partial charge >= 0.3 is 0 Å². The third-order valence-corrected chi connectivity index (χ3v) is 5.89. The summed E-state index contributed by atoms with van der Waals surface area (Å²) in [6.07, 6.45) is 1.85. The lowest BCUT2D eigenvalue weighted by Crippen LogP contribution is -2.37. The second-order valence-corrected chi connectivity index (χ2v) is 7.94. The van der Waals surface area contributed by atoms with Gasteiger partial charge in [0.05, 0.1) is 17.8 Å². The van der Waals surface area contributed by atoms with Crippen molar-refractivity contribution >= 4 is 16.7 Å². The van der Waals surface area contributed by atoms with E-state index < -0.39 is 0 Å². The number of carbonyl (C=O) groups excluding carboxylic acids is 1. The predicted octanol–water partition coefficient (Wildman–Crippen LogP) is 4.59. The predicted molar refractivity (Wildman–Crippen MR) is 116 cm³/mol. The number of aryl methyl sites for hydroxylation is 1. The Hall–Kier alpha value is -3.25. The summed E-state index contributed by atoms with van der Waals surface area (Å²) in [5, 5.41) is 4.89. The SMILES string of the molecule is Cc1noc(C2CCN(CC(=O)c3c(-c4ccccc4)[nH]c4ccccc34)CC2)n1. The normalized spacial score (nSPS) is 15.6. The summed E-state index contributed by atoms with van der Waals surface area (Å²) in [6.45, 7) is 3.95. The number of nitrogens with one attached hydrogen (secondary N) is 1. The van der Waals surface area contributed by atoms with Crippen molar-refractivity contribution in [1.29, 1.82) is 0 Å². The monoisotopic (exact) mass is 400 g/mol. The van der Waals surface area contributed by atoms with Gasteiger partial charge in [0, 0.05) is 16.8 Å². The van der Waals surface area contributed by atoms with Gasteiger partial charge in [-0.2, -0.15) is 4.98 Å². The Kier molecular flexibility index (Phi) is 4.93. The van der Waals surface area contributed by atoms with Gasteiger partial charge in [-0.3, -0.25) is 9.69 Å². The molecule has 1 saturated heterocycles. The van der Waals surface area contributed by atoms with Crippen molar-refractivity contribution in [2.45, 2.75) is 25.7 Å². The Morgan fingerprint density at radius 3 is 2.57 bits per heavy atom. The van der Waals surface area contributed by atoms with Gasteiger partial charge < -0.3 is 9.51 Å². The van der Waals surface area contributed by atoms with Crippen LogP contribution < -0.4 is 0 Å². The first kappa shape index (κ1) is 18.8. The lowest BCUT2D eigenvalue weighted by Gasteiger charge is -2.29. The topological polar surface area (TPSA) is 75.0 Å². The maximum absolute atomic E-state index is 13.4. The molecule has 0 amide bonds. The average Bonchev–Trinajstić information content (AvgIpc) is 3.39. The quantitative estimate of drug-likeness (QED) is 0.496. The molecule has 0 unspecified atom stereocenters. The van der Waals surface area contributed by atoms with E-state index in [1.54, 1.807) is 0 Å². The Morgan fingerprint density at radius 1 is 1.10 bits per heavy atom. The minimum absolute atomic E-state index is 0.151. The summed E-state index contributed by atoms with van der Waals surface area (Å²) in [6, 6.07) is 18.1. The molecule has 0 aliphatic carbocycles. The van der Waals surface area contributed by atoms with E-state index in [-0.39, 0.29) is 11.7 Å². The van der Waals surface area contributed by atoms with E-state index in [0.29, 0.717) is 12.4 Å². The highest BCUT2D eigenvalue weighted by molar-refractivity contribution is 6.14. The number of para-hydroxylation sites is 1. The van der Waals surface area contributed by atoms with Crippen molar-refractivity contribution in [3.05, 3.63) is 71.9 Å². The number of carbonyl (C=O) groups is 1. The molecule has 1 N–H and O–H groups in total. The van der Waals surface area contributed by atoms with Crippen LogP contribution in [-0.2, 0) is 0 Å². The van der Waals surface area contributed by atoms with Crippen LogP contribution in [0.5, 0.6) is 0 Å². The first-order valence-corrected chi connectivity index (χ1v) is 10.4. The first-order valence-electron chi connectivity index (χ1n) is 10.4. The number of likely N-dealkylation sites (tertiary alicyclic amines) is 1. The number of benzene rings is 2. The highest BCUT2D eigenvalue weighted by atomic mass is 16.5. The van der Waals surface area contributed by atoms with Gasteiger partial charge in [-0.1, -0.05) is 53.7 Å². The minimum Gasteiger partial charge on any atom is -0.354 e. The summed E-state index contributed by atoms with van der Waals surface area (Å²) in [5.74, 6) is 1.83. The minimum atomic E-state index is 0.151. The van der Waals surface area contributed by atoms with E-state index in [4.69, 9.17) is 4.52 Å². The number of fused-ring (bicyclic) bond motifs is 1. The van der Waals surface area contributed by atoms with Gasteiger partial charge in [0.15, 0.2) is 11.6 Å². The van der Waals surface area contributed by atoms with Crippen LogP contribution >= 0.6 is 0 Å². The molecule has 6 heteroatoms. The molecular weight excluding hydrogens is 376 g/mol. The van der Waals surface area contributed by atoms with E-state index >= 15 is 0 Å².